The van der Waals surface area contributed by atoms with Crippen LogP contribution in [0.2, 0.25) is 0 Å². The summed E-state index contributed by atoms with van der Waals surface area (Å²) in [6, 6.07) is 1.77. The zero-order valence-corrected chi connectivity index (χ0v) is 10.6. The topological polar surface area (TPSA) is 83.6 Å². The molecule has 0 aromatic carbocycles. The van der Waals surface area contributed by atoms with Crippen LogP contribution in [0.5, 0.6) is 0 Å². The molecular weight excluding hydrogens is 238 g/mol. The molecule has 2 heterocycles. The fourth-order valence-electron chi connectivity index (χ4n) is 1.31. The van der Waals surface area contributed by atoms with Gasteiger partial charge in [0.25, 0.3) is 5.56 Å². The van der Waals surface area contributed by atoms with Crippen LogP contribution in [0.25, 0.3) is 10.6 Å². The highest BCUT2D eigenvalue weighted by Crippen LogP contribution is 2.24. The molecule has 0 aliphatic rings. The third-order valence-corrected chi connectivity index (χ3v) is 3.26. The van der Waals surface area contributed by atoms with E-state index in [0.29, 0.717) is 15.7 Å². The molecule has 90 valence electrons. The third-order valence-electron chi connectivity index (χ3n) is 2.28. The molecule has 6 nitrogen and oxygen atoms in total. The maximum atomic E-state index is 11.7. The molecule has 0 aliphatic heterocycles. The lowest BCUT2D eigenvalue weighted by atomic mass is 10.1. The van der Waals surface area contributed by atoms with Crippen LogP contribution >= 0.6 is 11.3 Å². The fourth-order valence-corrected chi connectivity index (χ4v) is 2.02. The first-order valence-corrected chi connectivity index (χ1v) is 6.04. The summed E-state index contributed by atoms with van der Waals surface area (Å²) in [5.74, 6) is 0.252. The first-order valence-electron chi connectivity index (χ1n) is 5.23. The van der Waals surface area contributed by atoms with Crippen LogP contribution in [-0.4, -0.2) is 27.4 Å². The van der Waals surface area contributed by atoms with Crippen LogP contribution in [0.1, 0.15) is 25.5 Å². The quantitative estimate of drug-likeness (QED) is 0.862. The Balaban J connectivity index is 2.50. The molecule has 0 aliphatic carbocycles. The lowest BCUT2D eigenvalue weighted by Gasteiger charge is -2.03. The second-order valence-electron chi connectivity index (χ2n) is 3.85. The SMILES string of the molecule is CNc1nnc(-c2cc(C(C)C)n[nH]c2=O)s1. The van der Waals surface area contributed by atoms with Crippen LogP contribution in [0, 0.1) is 0 Å². The normalized spacial score (nSPS) is 10.8. The predicted molar refractivity (Wildman–Crippen MR) is 67.4 cm³/mol. The summed E-state index contributed by atoms with van der Waals surface area (Å²) in [6.07, 6.45) is 0. The Kier molecular flexibility index (Phi) is 3.19. The van der Waals surface area contributed by atoms with Crippen molar-refractivity contribution in [2.45, 2.75) is 19.8 Å². The molecule has 0 unspecified atom stereocenters. The molecule has 0 saturated heterocycles. The molecule has 2 N–H and O–H groups in total. The van der Waals surface area contributed by atoms with Gasteiger partial charge in [-0.25, -0.2) is 5.10 Å². The number of hydrogen-bond acceptors (Lipinski definition) is 6. The molecule has 0 atom stereocenters. The van der Waals surface area contributed by atoms with Gasteiger partial charge in [0.15, 0.2) is 5.01 Å². The van der Waals surface area contributed by atoms with Crippen LogP contribution in [-0.2, 0) is 0 Å². The van der Waals surface area contributed by atoms with Gasteiger partial charge in [0.1, 0.15) is 0 Å². The number of aromatic amines is 1. The van der Waals surface area contributed by atoms with Crippen molar-refractivity contribution in [1.82, 2.24) is 20.4 Å². The van der Waals surface area contributed by atoms with Crippen LogP contribution in [0.4, 0.5) is 5.13 Å². The second-order valence-corrected chi connectivity index (χ2v) is 4.83. The van der Waals surface area contributed by atoms with Gasteiger partial charge < -0.3 is 5.32 Å². The molecule has 2 rings (SSSR count). The van der Waals surface area contributed by atoms with Crippen molar-refractivity contribution in [3.05, 3.63) is 22.1 Å². The smallest absolute Gasteiger partial charge is 0.274 e. The van der Waals surface area contributed by atoms with Crippen LogP contribution in [0.3, 0.4) is 0 Å². The standard InChI is InChI=1S/C10H13N5OS/c1-5(2)7-4-6(8(16)13-12-7)9-14-15-10(11-3)17-9/h4-5H,1-3H3,(H,11,15)(H,13,16). The van der Waals surface area contributed by atoms with E-state index in [-0.39, 0.29) is 11.5 Å². The van der Waals surface area contributed by atoms with E-state index < -0.39 is 0 Å². The summed E-state index contributed by atoms with van der Waals surface area (Å²) < 4.78 is 0. The van der Waals surface area contributed by atoms with Crippen LogP contribution in [0.15, 0.2) is 10.9 Å². The average Bonchev–Trinajstić information content (AvgIpc) is 2.77. The molecule has 17 heavy (non-hydrogen) atoms. The highest BCUT2D eigenvalue weighted by molar-refractivity contribution is 7.18. The Morgan fingerprint density at radius 2 is 2.18 bits per heavy atom. The molecule has 0 saturated carbocycles. The monoisotopic (exact) mass is 251 g/mol. The predicted octanol–water partition coefficient (Wildman–Crippen LogP) is 1.45. The van der Waals surface area contributed by atoms with Gasteiger partial charge in [-0.15, -0.1) is 10.2 Å². The molecule has 7 heteroatoms. The minimum Gasteiger partial charge on any atom is -0.363 e. The summed E-state index contributed by atoms with van der Waals surface area (Å²) >= 11 is 1.34. The van der Waals surface area contributed by atoms with Crippen LogP contribution < -0.4 is 10.9 Å². The molecular formula is C10H13N5OS. The van der Waals surface area contributed by atoms with E-state index in [0.717, 1.165) is 5.69 Å². The molecule has 0 bridgehead atoms. The lowest BCUT2D eigenvalue weighted by Crippen LogP contribution is -2.13. The summed E-state index contributed by atoms with van der Waals surface area (Å²) in [7, 11) is 1.76. The number of aromatic nitrogens is 4. The molecule has 0 amide bonds. The van der Waals surface area contributed by atoms with E-state index in [1.54, 1.807) is 13.1 Å². The lowest BCUT2D eigenvalue weighted by molar-refractivity contribution is 0.778. The summed E-state index contributed by atoms with van der Waals surface area (Å²) in [6.45, 7) is 4.03. The van der Waals surface area contributed by atoms with Crippen molar-refractivity contribution >= 4 is 16.5 Å². The van der Waals surface area contributed by atoms with Gasteiger partial charge in [0.2, 0.25) is 5.13 Å². The van der Waals surface area contributed by atoms with Gasteiger partial charge in [-0.1, -0.05) is 25.2 Å². The van der Waals surface area contributed by atoms with E-state index in [1.807, 2.05) is 13.8 Å². The van der Waals surface area contributed by atoms with Gasteiger partial charge in [-0.3, -0.25) is 4.79 Å². The Labute approximate surface area is 102 Å². The summed E-state index contributed by atoms with van der Waals surface area (Å²) in [4.78, 5) is 11.7. The minimum atomic E-state index is -0.242. The largest absolute Gasteiger partial charge is 0.363 e. The van der Waals surface area contributed by atoms with Crippen molar-refractivity contribution in [3.63, 3.8) is 0 Å². The van der Waals surface area contributed by atoms with Gasteiger partial charge in [0, 0.05) is 7.05 Å². The zero-order valence-electron chi connectivity index (χ0n) is 9.81. The van der Waals surface area contributed by atoms with Gasteiger partial charge >= 0.3 is 0 Å². The first kappa shape index (κ1) is 11.7. The van der Waals surface area contributed by atoms with E-state index in [4.69, 9.17) is 0 Å². The maximum absolute atomic E-state index is 11.7. The number of anilines is 1. The molecule has 2 aromatic rings. The Hall–Kier alpha value is -1.76. The van der Waals surface area contributed by atoms with Gasteiger partial charge in [-0.2, -0.15) is 5.10 Å². The Morgan fingerprint density at radius 3 is 2.76 bits per heavy atom. The highest BCUT2D eigenvalue weighted by Gasteiger charge is 2.12. The van der Waals surface area contributed by atoms with Crippen molar-refractivity contribution in [2.24, 2.45) is 0 Å². The fraction of sp³-hybridized carbons (Fsp3) is 0.400. The van der Waals surface area contributed by atoms with E-state index in [2.05, 4.69) is 25.7 Å². The number of nitrogens with one attached hydrogen (secondary N) is 2. The first-order chi connectivity index (χ1) is 8.11. The molecule has 0 spiro atoms. The maximum Gasteiger partial charge on any atom is 0.274 e. The zero-order chi connectivity index (χ0) is 12.4. The summed E-state index contributed by atoms with van der Waals surface area (Å²) in [5.41, 5.74) is 1.11. The van der Waals surface area contributed by atoms with E-state index in [9.17, 15) is 4.79 Å². The average molecular weight is 251 g/mol. The van der Waals surface area contributed by atoms with Gasteiger partial charge in [-0.05, 0) is 12.0 Å². The number of hydrogen-bond donors (Lipinski definition) is 2. The number of rotatable bonds is 3. The Morgan fingerprint density at radius 1 is 1.41 bits per heavy atom. The highest BCUT2D eigenvalue weighted by atomic mass is 32.1. The number of H-pyrrole nitrogens is 1. The minimum absolute atomic E-state index is 0.242. The van der Waals surface area contributed by atoms with Crippen molar-refractivity contribution in [1.29, 1.82) is 0 Å². The van der Waals surface area contributed by atoms with Crippen molar-refractivity contribution < 1.29 is 0 Å². The van der Waals surface area contributed by atoms with Crippen molar-refractivity contribution in [3.8, 4) is 10.6 Å². The van der Waals surface area contributed by atoms with Gasteiger partial charge in [0.05, 0.1) is 11.3 Å². The summed E-state index contributed by atoms with van der Waals surface area (Å²) in [5, 5.41) is 18.5. The molecule has 0 fully saturated rings. The molecule has 2 aromatic heterocycles. The third kappa shape index (κ3) is 2.33. The van der Waals surface area contributed by atoms with E-state index >= 15 is 0 Å². The Bertz CT molecular complexity index is 574. The number of nitrogens with zero attached hydrogens (tertiary/aromatic N) is 3. The second kappa shape index (κ2) is 4.62. The van der Waals surface area contributed by atoms with E-state index in [1.165, 1.54) is 11.3 Å². The molecule has 0 radical (unpaired) electrons. The van der Waals surface area contributed by atoms with Crippen molar-refractivity contribution in [2.75, 3.05) is 12.4 Å².